The average Bonchev–Trinajstić information content (AvgIpc) is 3.77. The number of benzene rings is 1. The van der Waals surface area contributed by atoms with Crippen LogP contribution in [0.15, 0.2) is 61.3 Å². The lowest BCUT2D eigenvalue weighted by molar-refractivity contribution is 0.0948. The van der Waals surface area contributed by atoms with E-state index in [1.807, 2.05) is 30.3 Å². The van der Waals surface area contributed by atoms with E-state index in [0.717, 1.165) is 93.6 Å². The van der Waals surface area contributed by atoms with Gasteiger partial charge in [-0.1, -0.05) is 24.3 Å². The monoisotopic (exact) mass is 591 g/mol. The van der Waals surface area contributed by atoms with Crippen molar-refractivity contribution in [1.29, 1.82) is 0 Å². The first-order chi connectivity index (χ1) is 21.5. The summed E-state index contributed by atoms with van der Waals surface area (Å²) >= 11 is 0. The van der Waals surface area contributed by atoms with E-state index in [2.05, 4.69) is 73.9 Å². The number of nitrogens with zero attached hydrogens (tertiary/aromatic N) is 9. The molecule has 0 amide bonds. The fraction of sp³-hybridized carbons (Fsp3) is 0.412. The zero-order chi connectivity index (χ0) is 30.0. The van der Waals surface area contributed by atoms with Crippen LogP contribution in [0.2, 0.25) is 0 Å². The molecule has 2 aliphatic rings. The molecule has 1 saturated heterocycles. The van der Waals surface area contributed by atoms with Crippen LogP contribution in [0.5, 0.6) is 0 Å². The molecule has 7 rings (SSSR count). The fourth-order valence-electron chi connectivity index (χ4n) is 6.57. The standard InChI is InChI=1S/C34H41N9O/c1-39-23-28-9-8-27-21-35-31(20-30-10-11-43(38-30)17-16-41-12-14-42(15-13-41)18-19-44-3)37-33(27)32(28)34(39)26-6-4-25(5-7-26)29-22-36-40(2)24-29/h4-7,10-11,21-24H,8-9,12-20H2,1-3H3. The van der Waals surface area contributed by atoms with Crippen LogP contribution in [-0.4, -0.2) is 96.9 Å². The number of hydrogen-bond donors (Lipinski definition) is 0. The first-order valence-electron chi connectivity index (χ1n) is 15.6. The van der Waals surface area contributed by atoms with Crippen LogP contribution in [0.25, 0.3) is 33.6 Å². The second kappa shape index (κ2) is 12.5. The minimum atomic E-state index is 0.621. The number of piperazine rings is 1. The van der Waals surface area contributed by atoms with Gasteiger partial charge in [0.05, 0.1) is 42.9 Å². The lowest BCUT2D eigenvalue weighted by atomic mass is 9.89. The molecule has 44 heavy (non-hydrogen) atoms. The SMILES string of the molecule is COCCN1CCN(CCn2ccc(Cc3ncc4c(n3)-c3c(cn(C)c3-c3ccc(-c5cnn(C)c5)cc3)CC4)n2)CC1. The molecule has 0 bridgehead atoms. The molecule has 0 atom stereocenters. The predicted octanol–water partition coefficient (Wildman–Crippen LogP) is 3.70. The van der Waals surface area contributed by atoms with Gasteiger partial charge in [-0.05, 0) is 41.2 Å². The third kappa shape index (κ3) is 5.97. The maximum absolute atomic E-state index is 5.23. The summed E-state index contributed by atoms with van der Waals surface area (Å²) in [6.45, 7) is 8.12. The van der Waals surface area contributed by atoms with Crippen molar-refractivity contribution in [3.05, 3.63) is 84.0 Å². The van der Waals surface area contributed by atoms with Crippen molar-refractivity contribution in [1.82, 2.24) is 43.9 Å². The van der Waals surface area contributed by atoms with Crippen LogP contribution in [-0.2, 0) is 44.6 Å². The number of hydrogen-bond acceptors (Lipinski definition) is 7. The number of methoxy groups -OCH3 is 1. The number of ether oxygens (including phenoxy) is 1. The maximum atomic E-state index is 5.23. The second-order valence-electron chi connectivity index (χ2n) is 12.1. The van der Waals surface area contributed by atoms with Crippen molar-refractivity contribution in [2.75, 3.05) is 53.0 Å². The first kappa shape index (κ1) is 28.6. The Hall–Kier alpha value is -4.12. The van der Waals surface area contributed by atoms with Crippen LogP contribution >= 0.6 is 0 Å². The summed E-state index contributed by atoms with van der Waals surface area (Å²) in [5.74, 6) is 0.816. The molecule has 4 aromatic heterocycles. The van der Waals surface area contributed by atoms with Crippen molar-refractivity contribution in [3.63, 3.8) is 0 Å². The minimum absolute atomic E-state index is 0.621. The van der Waals surface area contributed by atoms with E-state index < -0.39 is 0 Å². The highest BCUT2D eigenvalue weighted by Crippen LogP contribution is 2.41. The Morgan fingerprint density at radius 2 is 1.55 bits per heavy atom. The fourth-order valence-corrected chi connectivity index (χ4v) is 6.57. The average molecular weight is 592 g/mol. The lowest BCUT2D eigenvalue weighted by Crippen LogP contribution is -2.47. The van der Waals surface area contributed by atoms with Crippen LogP contribution < -0.4 is 0 Å². The molecule has 0 spiro atoms. The summed E-state index contributed by atoms with van der Waals surface area (Å²) in [6, 6.07) is 10.9. The zero-order valence-corrected chi connectivity index (χ0v) is 26.0. The highest BCUT2D eigenvalue weighted by molar-refractivity contribution is 5.86. The van der Waals surface area contributed by atoms with Gasteiger partial charge in [-0.25, -0.2) is 9.97 Å². The topological polar surface area (TPSA) is 82.1 Å². The molecular formula is C34H41N9O. The van der Waals surface area contributed by atoms with Crippen LogP contribution in [0, 0.1) is 0 Å². The molecule has 1 aliphatic heterocycles. The third-order valence-corrected chi connectivity index (χ3v) is 9.03. The van der Waals surface area contributed by atoms with E-state index >= 15 is 0 Å². The van der Waals surface area contributed by atoms with E-state index in [1.54, 1.807) is 7.11 Å². The molecule has 1 aromatic carbocycles. The normalized spacial score (nSPS) is 15.4. The molecule has 5 heterocycles. The van der Waals surface area contributed by atoms with Crippen molar-refractivity contribution in [2.24, 2.45) is 14.1 Å². The van der Waals surface area contributed by atoms with Crippen molar-refractivity contribution >= 4 is 0 Å². The summed E-state index contributed by atoms with van der Waals surface area (Å²) < 4.78 is 11.4. The molecule has 228 valence electrons. The molecule has 5 aromatic rings. The number of rotatable bonds is 10. The van der Waals surface area contributed by atoms with Gasteiger partial charge in [0, 0.05) is 96.4 Å². The lowest BCUT2D eigenvalue weighted by Gasteiger charge is -2.34. The van der Waals surface area contributed by atoms with Gasteiger partial charge in [0.1, 0.15) is 5.82 Å². The Kier molecular flexibility index (Phi) is 8.12. The molecule has 1 aliphatic carbocycles. The van der Waals surface area contributed by atoms with Gasteiger partial charge < -0.3 is 9.30 Å². The number of aryl methyl sites for hydroxylation is 4. The molecule has 1 fully saturated rings. The van der Waals surface area contributed by atoms with E-state index in [1.165, 1.54) is 27.9 Å². The summed E-state index contributed by atoms with van der Waals surface area (Å²) in [5, 5.41) is 9.20. The molecule has 0 saturated carbocycles. The van der Waals surface area contributed by atoms with Crippen molar-refractivity contribution < 1.29 is 4.74 Å². The molecule has 10 nitrogen and oxygen atoms in total. The van der Waals surface area contributed by atoms with Crippen LogP contribution in [0.1, 0.15) is 22.6 Å². The molecular weight excluding hydrogens is 550 g/mol. The Balaban J connectivity index is 1.05. The second-order valence-corrected chi connectivity index (χ2v) is 12.1. The van der Waals surface area contributed by atoms with Gasteiger partial charge in [-0.2, -0.15) is 10.2 Å². The number of aromatic nitrogens is 7. The Bertz CT molecular complexity index is 1720. The molecule has 0 unspecified atom stereocenters. The van der Waals surface area contributed by atoms with Crippen molar-refractivity contribution in [3.8, 4) is 33.6 Å². The smallest absolute Gasteiger partial charge is 0.134 e. The molecule has 0 radical (unpaired) electrons. The zero-order valence-electron chi connectivity index (χ0n) is 26.0. The van der Waals surface area contributed by atoms with Gasteiger partial charge in [0.15, 0.2) is 0 Å². The summed E-state index contributed by atoms with van der Waals surface area (Å²) in [7, 11) is 5.85. The van der Waals surface area contributed by atoms with Gasteiger partial charge >= 0.3 is 0 Å². The third-order valence-electron chi connectivity index (χ3n) is 9.03. The van der Waals surface area contributed by atoms with E-state index in [0.29, 0.717) is 6.42 Å². The molecule has 0 N–H and O–H groups in total. The maximum Gasteiger partial charge on any atom is 0.134 e. The Labute approximate surface area is 258 Å². The van der Waals surface area contributed by atoms with Crippen LogP contribution in [0.4, 0.5) is 0 Å². The first-order valence-corrected chi connectivity index (χ1v) is 15.6. The highest BCUT2D eigenvalue weighted by atomic mass is 16.5. The van der Waals surface area contributed by atoms with E-state index in [9.17, 15) is 0 Å². The summed E-state index contributed by atoms with van der Waals surface area (Å²) in [4.78, 5) is 14.9. The Morgan fingerprint density at radius 1 is 0.795 bits per heavy atom. The summed E-state index contributed by atoms with van der Waals surface area (Å²) in [5.41, 5.74) is 10.5. The number of fused-ring (bicyclic) bond motifs is 3. The van der Waals surface area contributed by atoms with E-state index in [4.69, 9.17) is 19.8 Å². The Morgan fingerprint density at radius 3 is 2.30 bits per heavy atom. The largest absolute Gasteiger partial charge is 0.383 e. The van der Waals surface area contributed by atoms with Gasteiger partial charge in [0.2, 0.25) is 0 Å². The van der Waals surface area contributed by atoms with Gasteiger partial charge in [0.25, 0.3) is 0 Å². The van der Waals surface area contributed by atoms with Gasteiger partial charge in [-0.3, -0.25) is 19.2 Å². The quantitative estimate of drug-likeness (QED) is 0.245. The van der Waals surface area contributed by atoms with Gasteiger partial charge in [-0.15, -0.1) is 0 Å². The van der Waals surface area contributed by atoms with Crippen LogP contribution in [0.3, 0.4) is 0 Å². The molecule has 10 heteroatoms. The van der Waals surface area contributed by atoms with Crippen molar-refractivity contribution in [2.45, 2.75) is 25.8 Å². The summed E-state index contributed by atoms with van der Waals surface area (Å²) in [6.07, 6.45) is 12.9. The predicted molar refractivity (Wildman–Crippen MR) is 171 cm³/mol. The highest BCUT2D eigenvalue weighted by Gasteiger charge is 2.26. The minimum Gasteiger partial charge on any atom is -0.383 e. The van der Waals surface area contributed by atoms with E-state index in [-0.39, 0.29) is 0 Å².